The summed E-state index contributed by atoms with van der Waals surface area (Å²) in [5, 5.41) is 1.22. The molecule has 148 valence electrons. The highest BCUT2D eigenvalue weighted by Crippen LogP contribution is 2.46. The number of amides is 1. The number of nitrogens with zero attached hydrogens (tertiary/aromatic N) is 1. The van der Waals surface area contributed by atoms with E-state index in [1.54, 1.807) is 24.3 Å². The number of ketones is 1. The maximum atomic E-state index is 13.2. The molecule has 1 heterocycles. The summed E-state index contributed by atoms with van der Waals surface area (Å²) in [5.74, 6) is -0.374. The molecule has 28 heavy (non-hydrogen) atoms. The summed E-state index contributed by atoms with van der Waals surface area (Å²) in [6.45, 7) is 3.77. The zero-order valence-electron chi connectivity index (χ0n) is 15.7. The SMILES string of the molecule is CC1C(=O)C(C)C(c2ccc(Cl)cc2)N(C(=O)CCCl)C1c1ccc(Cl)cc1. The minimum atomic E-state index is -0.377. The van der Waals surface area contributed by atoms with Crippen LogP contribution in [0.5, 0.6) is 0 Å². The van der Waals surface area contributed by atoms with Crippen LogP contribution in [0.1, 0.15) is 43.5 Å². The Hall–Kier alpha value is -1.55. The van der Waals surface area contributed by atoms with Gasteiger partial charge in [-0.25, -0.2) is 0 Å². The third-order valence-electron chi connectivity index (χ3n) is 5.46. The molecule has 1 saturated heterocycles. The van der Waals surface area contributed by atoms with E-state index >= 15 is 0 Å². The van der Waals surface area contributed by atoms with E-state index in [1.807, 2.05) is 43.0 Å². The lowest BCUT2D eigenvalue weighted by Crippen LogP contribution is -2.51. The Balaban J connectivity index is 2.14. The molecule has 0 radical (unpaired) electrons. The topological polar surface area (TPSA) is 37.4 Å². The fourth-order valence-electron chi connectivity index (χ4n) is 4.12. The molecular weight excluding hydrogens is 417 g/mol. The lowest BCUT2D eigenvalue weighted by Gasteiger charge is -2.48. The van der Waals surface area contributed by atoms with Gasteiger partial charge < -0.3 is 4.90 Å². The van der Waals surface area contributed by atoms with Gasteiger partial charge >= 0.3 is 0 Å². The molecule has 4 unspecified atom stereocenters. The Labute approximate surface area is 180 Å². The number of hydrogen-bond acceptors (Lipinski definition) is 2. The minimum Gasteiger partial charge on any atom is -0.327 e. The summed E-state index contributed by atoms with van der Waals surface area (Å²) in [7, 11) is 0. The van der Waals surface area contributed by atoms with Gasteiger partial charge in [0, 0.05) is 34.2 Å². The van der Waals surface area contributed by atoms with E-state index in [1.165, 1.54) is 0 Å². The number of carbonyl (C=O) groups excluding carboxylic acids is 2. The molecule has 2 aromatic carbocycles. The second-order valence-electron chi connectivity index (χ2n) is 7.21. The van der Waals surface area contributed by atoms with Gasteiger partial charge in [0.2, 0.25) is 5.91 Å². The van der Waals surface area contributed by atoms with Crippen molar-refractivity contribution >= 4 is 46.5 Å². The standard InChI is InChI=1S/C22H22Cl3NO2/c1-13-20(15-3-7-17(24)8-4-15)26(19(27)11-12-23)21(14(2)22(13)28)16-5-9-18(25)10-6-16/h3-10,13-14,20-21H,11-12H2,1-2H3. The predicted octanol–water partition coefficient (Wildman–Crippen LogP) is 6.09. The molecule has 3 nitrogen and oxygen atoms in total. The Bertz CT molecular complexity index is 790. The van der Waals surface area contributed by atoms with Gasteiger partial charge in [-0.15, -0.1) is 11.6 Å². The molecular formula is C22H22Cl3NO2. The van der Waals surface area contributed by atoms with Crippen molar-refractivity contribution in [3.8, 4) is 0 Å². The van der Waals surface area contributed by atoms with E-state index in [-0.39, 0.29) is 47.9 Å². The monoisotopic (exact) mass is 437 g/mol. The summed E-state index contributed by atoms with van der Waals surface area (Å²) in [5.41, 5.74) is 1.78. The molecule has 4 atom stereocenters. The molecule has 1 aliphatic rings. The molecule has 0 spiro atoms. The van der Waals surface area contributed by atoms with Crippen molar-refractivity contribution in [2.75, 3.05) is 5.88 Å². The summed E-state index contributed by atoms with van der Waals surface area (Å²) >= 11 is 18.0. The quantitative estimate of drug-likeness (QED) is 0.542. The van der Waals surface area contributed by atoms with Crippen molar-refractivity contribution in [1.82, 2.24) is 4.90 Å². The first-order valence-corrected chi connectivity index (χ1v) is 10.6. The van der Waals surface area contributed by atoms with Crippen molar-refractivity contribution < 1.29 is 9.59 Å². The van der Waals surface area contributed by atoms with Crippen LogP contribution in [0.25, 0.3) is 0 Å². The van der Waals surface area contributed by atoms with E-state index in [0.29, 0.717) is 10.0 Å². The summed E-state index contributed by atoms with van der Waals surface area (Å²) < 4.78 is 0. The van der Waals surface area contributed by atoms with Crippen molar-refractivity contribution in [1.29, 1.82) is 0 Å². The molecule has 0 saturated carbocycles. The average Bonchev–Trinajstić information content (AvgIpc) is 2.68. The lowest BCUT2D eigenvalue weighted by molar-refractivity contribution is -0.151. The Morgan fingerprint density at radius 1 is 0.857 bits per heavy atom. The fourth-order valence-corrected chi connectivity index (χ4v) is 4.53. The third kappa shape index (κ3) is 4.07. The summed E-state index contributed by atoms with van der Waals surface area (Å²) in [6, 6.07) is 13.9. The zero-order chi connectivity index (χ0) is 20.4. The molecule has 2 aromatic rings. The number of benzene rings is 2. The molecule has 0 aromatic heterocycles. The van der Waals surface area contributed by atoms with Gasteiger partial charge in [0.25, 0.3) is 0 Å². The molecule has 1 fully saturated rings. The summed E-state index contributed by atoms with van der Waals surface area (Å²) in [6.07, 6.45) is 0.212. The Morgan fingerprint density at radius 2 is 1.25 bits per heavy atom. The highest BCUT2D eigenvalue weighted by Gasteiger charge is 2.47. The van der Waals surface area contributed by atoms with Crippen LogP contribution in [0.2, 0.25) is 10.0 Å². The van der Waals surface area contributed by atoms with Gasteiger partial charge in [-0.3, -0.25) is 9.59 Å². The highest BCUT2D eigenvalue weighted by atomic mass is 35.5. The number of rotatable bonds is 4. The van der Waals surface area contributed by atoms with E-state index in [2.05, 4.69) is 0 Å². The second kappa shape index (κ2) is 8.86. The first kappa shape index (κ1) is 21.2. The number of alkyl halides is 1. The van der Waals surface area contributed by atoms with E-state index in [0.717, 1.165) is 11.1 Å². The first-order chi connectivity index (χ1) is 13.3. The lowest BCUT2D eigenvalue weighted by atomic mass is 9.74. The molecule has 3 rings (SSSR count). The average molecular weight is 439 g/mol. The summed E-state index contributed by atoms with van der Waals surface area (Å²) in [4.78, 5) is 28.2. The number of carbonyl (C=O) groups is 2. The first-order valence-electron chi connectivity index (χ1n) is 9.27. The molecule has 0 aliphatic carbocycles. The van der Waals surface area contributed by atoms with Crippen molar-refractivity contribution in [3.05, 3.63) is 69.7 Å². The zero-order valence-corrected chi connectivity index (χ0v) is 18.0. The highest BCUT2D eigenvalue weighted by molar-refractivity contribution is 6.30. The van der Waals surface area contributed by atoms with Crippen molar-refractivity contribution in [2.45, 2.75) is 32.4 Å². The number of piperidine rings is 1. The Morgan fingerprint density at radius 3 is 1.61 bits per heavy atom. The number of likely N-dealkylation sites (tertiary alicyclic amines) is 1. The maximum Gasteiger partial charge on any atom is 0.224 e. The second-order valence-corrected chi connectivity index (χ2v) is 8.46. The number of hydrogen-bond donors (Lipinski definition) is 0. The normalized spacial score (nSPS) is 25.0. The van der Waals surface area contributed by atoms with Crippen LogP contribution in [0.4, 0.5) is 0 Å². The molecule has 0 bridgehead atoms. The minimum absolute atomic E-state index is 0.0684. The van der Waals surface area contributed by atoms with Gasteiger partial charge in [0.15, 0.2) is 0 Å². The van der Waals surface area contributed by atoms with E-state index < -0.39 is 0 Å². The fraction of sp³-hybridized carbons (Fsp3) is 0.364. The van der Waals surface area contributed by atoms with Crippen LogP contribution in [-0.4, -0.2) is 22.5 Å². The van der Waals surface area contributed by atoms with Gasteiger partial charge in [-0.2, -0.15) is 0 Å². The van der Waals surface area contributed by atoms with Crippen molar-refractivity contribution in [3.63, 3.8) is 0 Å². The third-order valence-corrected chi connectivity index (χ3v) is 6.16. The largest absolute Gasteiger partial charge is 0.327 e. The van der Waals surface area contributed by atoms with Gasteiger partial charge in [-0.1, -0.05) is 61.3 Å². The van der Waals surface area contributed by atoms with Crippen LogP contribution < -0.4 is 0 Å². The van der Waals surface area contributed by atoms with Crippen LogP contribution in [-0.2, 0) is 9.59 Å². The number of halogens is 3. The molecule has 0 N–H and O–H groups in total. The van der Waals surface area contributed by atoms with Gasteiger partial charge in [0.05, 0.1) is 12.1 Å². The van der Waals surface area contributed by atoms with E-state index in [9.17, 15) is 9.59 Å². The molecule has 6 heteroatoms. The smallest absolute Gasteiger partial charge is 0.224 e. The van der Waals surface area contributed by atoms with Crippen LogP contribution >= 0.6 is 34.8 Å². The van der Waals surface area contributed by atoms with Gasteiger partial charge in [0.1, 0.15) is 5.78 Å². The molecule has 1 amide bonds. The van der Waals surface area contributed by atoms with Gasteiger partial charge in [-0.05, 0) is 35.4 Å². The van der Waals surface area contributed by atoms with Crippen LogP contribution in [0.15, 0.2) is 48.5 Å². The maximum absolute atomic E-state index is 13.2. The number of Topliss-reactive ketones (excluding diaryl/α,β-unsaturated/α-hetero) is 1. The van der Waals surface area contributed by atoms with Crippen molar-refractivity contribution in [2.24, 2.45) is 11.8 Å². The van der Waals surface area contributed by atoms with E-state index in [4.69, 9.17) is 34.8 Å². The predicted molar refractivity (Wildman–Crippen MR) is 114 cm³/mol. The van der Waals surface area contributed by atoms with Crippen LogP contribution in [0, 0.1) is 11.8 Å². The molecule has 1 aliphatic heterocycles. The Kier molecular flexibility index (Phi) is 6.69. The van der Waals surface area contributed by atoms with Crippen LogP contribution in [0.3, 0.4) is 0 Å².